The molecule has 0 amide bonds. The molecule has 0 bridgehead atoms. The van der Waals surface area contributed by atoms with Crippen molar-refractivity contribution in [3.8, 4) is 0 Å². The molecule has 1 aliphatic heterocycles. The second-order valence-electron chi connectivity index (χ2n) is 5.35. The fourth-order valence-electron chi connectivity index (χ4n) is 3.03. The van der Waals surface area contributed by atoms with Crippen molar-refractivity contribution in [3.05, 3.63) is 42.1 Å². The van der Waals surface area contributed by atoms with E-state index in [1.807, 2.05) is 19.3 Å². The lowest BCUT2D eigenvalue weighted by Crippen LogP contribution is -2.36. The number of nitrogens with zero attached hydrogens (tertiary/aromatic N) is 2. The third kappa shape index (κ3) is 3.29. The Balaban J connectivity index is 0.00000147. The van der Waals surface area contributed by atoms with Crippen molar-refractivity contribution in [2.45, 2.75) is 25.4 Å². The highest BCUT2D eigenvalue weighted by molar-refractivity contribution is 5.85. The smallest absolute Gasteiger partial charge is 0.0702 e. The Bertz CT molecular complexity index is 558. The SMILES string of the molecule is CNCC1CCCN1Cc1ccc2ncccc2c1.Cl. The number of likely N-dealkylation sites (N-methyl/N-ethyl adjacent to an activating group) is 1. The molecule has 0 saturated carbocycles. The summed E-state index contributed by atoms with van der Waals surface area (Å²) in [7, 11) is 2.04. The van der Waals surface area contributed by atoms with Crippen LogP contribution in [-0.4, -0.2) is 36.1 Å². The molecule has 1 aliphatic rings. The molecule has 0 spiro atoms. The van der Waals surface area contributed by atoms with Crippen molar-refractivity contribution in [2.24, 2.45) is 0 Å². The van der Waals surface area contributed by atoms with Crippen molar-refractivity contribution in [1.82, 2.24) is 15.2 Å². The van der Waals surface area contributed by atoms with E-state index in [-0.39, 0.29) is 12.4 Å². The van der Waals surface area contributed by atoms with E-state index in [9.17, 15) is 0 Å². The molecule has 108 valence electrons. The van der Waals surface area contributed by atoms with Gasteiger partial charge in [0.05, 0.1) is 5.52 Å². The fraction of sp³-hybridized carbons (Fsp3) is 0.438. The number of aromatic nitrogens is 1. The maximum Gasteiger partial charge on any atom is 0.0702 e. The first-order chi connectivity index (χ1) is 9.36. The van der Waals surface area contributed by atoms with Gasteiger partial charge in [-0.05, 0) is 50.2 Å². The van der Waals surface area contributed by atoms with Crippen LogP contribution in [0.25, 0.3) is 10.9 Å². The van der Waals surface area contributed by atoms with E-state index in [0.717, 1.165) is 18.6 Å². The van der Waals surface area contributed by atoms with Gasteiger partial charge in [-0.3, -0.25) is 9.88 Å². The number of hydrogen-bond acceptors (Lipinski definition) is 3. The summed E-state index contributed by atoms with van der Waals surface area (Å²) in [6, 6.07) is 11.5. The molecule has 1 atom stereocenters. The molecule has 2 aromatic rings. The van der Waals surface area contributed by atoms with Gasteiger partial charge in [0.2, 0.25) is 0 Å². The van der Waals surface area contributed by atoms with Crippen LogP contribution in [0.1, 0.15) is 18.4 Å². The molecule has 1 aromatic heterocycles. The minimum absolute atomic E-state index is 0. The Morgan fingerprint density at radius 3 is 3.10 bits per heavy atom. The first kappa shape index (κ1) is 15.2. The van der Waals surface area contributed by atoms with Crippen LogP contribution in [0.5, 0.6) is 0 Å². The second-order valence-corrected chi connectivity index (χ2v) is 5.35. The number of rotatable bonds is 4. The van der Waals surface area contributed by atoms with Gasteiger partial charge >= 0.3 is 0 Å². The monoisotopic (exact) mass is 291 g/mol. The maximum atomic E-state index is 4.37. The predicted molar refractivity (Wildman–Crippen MR) is 86.3 cm³/mol. The summed E-state index contributed by atoms with van der Waals surface area (Å²) in [6.07, 6.45) is 4.49. The minimum atomic E-state index is 0. The van der Waals surface area contributed by atoms with Gasteiger partial charge in [0.1, 0.15) is 0 Å². The quantitative estimate of drug-likeness (QED) is 0.939. The lowest BCUT2D eigenvalue weighted by atomic mass is 10.1. The van der Waals surface area contributed by atoms with Crippen molar-refractivity contribution in [1.29, 1.82) is 0 Å². The molecule has 1 saturated heterocycles. The Morgan fingerprint density at radius 2 is 2.25 bits per heavy atom. The summed E-state index contributed by atoms with van der Waals surface area (Å²) in [4.78, 5) is 6.97. The average Bonchev–Trinajstić information content (AvgIpc) is 2.86. The number of halogens is 1. The highest BCUT2D eigenvalue weighted by Crippen LogP contribution is 2.21. The number of pyridine rings is 1. The van der Waals surface area contributed by atoms with E-state index < -0.39 is 0 Å². The Kier molecular flexibility index (Phi) is 5.35. The fourth-order valence-corrected chi connectivity index (χ4v) is 3.03. The predicted octanol–water partition coefficient (Wildman–Crippen LogP) is 2.84. The van der Waals surface area contributed by atoms with Gasteiger partial charge in [0.15, 0.2) is 0 Å². The van der Waals surface area contributed by atoms with Crippen LogP contribution in [0, 0.1) is 0 Å². The zero-order valence-electron chi connectivity index (χ0n) is 11.9. The first-order valence-corrected chi connectivity index (χ1v) is 7.09. The molecule has 0 radical (unpaired) electrons. The van der Waals surface area contributed by atoms with Gasteiger partial charge in [-0.1, -0.05) is 12.1 Å². The lowest BCUT2D eigenvalue weighted by Gasteiger charge is -2.24. The van der Waals surface area contributed by atoms with E-state index in [1.54, 1.807) is 0 Å². The zero-order valence-corrected chi connectivity index (χ0v) is 12.7. The summed E-state index contributed by atoms with van der Waals surface area (Å²) in [6.45, 7) is 3.36. The molecular formula is C16H22ClN3. The normalized spacial score (nSPS) is 19.1. The summed E-state index contributed by atoms with van der Waals surface area (Å²) in [5.41, 5.74) is 2.47. The van der Waals surface area contributed by atoms with Crippen molar-refractivity contribution in [2.75, 3.05) is 20.1 Å². The molecule has 1 unspecified atom stereocenters. The summed E-state index contributed by atoms with van der Waals surface area (Å²) >= 11 is 0. The van der Waals surface area contributed by atoms with E-state index in [2.05, 4.69) is 39.5 Å². The topological polar surface area (TPSA) is 28.2 Å². The first-order valence-electron chi connectivity index (χ1n) is 7.09. The number of fused-ring (bicyclic) bond motifs is 1. The van der Waals surface area contributed by atoms with E-state index in [4.69, 9.17) is 0 Å². The Morgan fingerprint density at radius 1 is 1.35 bits per heavy atom. The van der Waals surface area contributed by atoms with Gasteiger partial charge in [-0.25, -0.2) is 0 Å². The van der Waals surface area contributed by atoms with E-state index >= 15 is 0 Å². The van der Waals surface area contributed by atoms with Crippen LogP contribution < -0.4 is 5.32 Å². The average molecular weight is 292 g/mol. The van der Waals surface area contributed by atoms with Gasteiger partial charge in [0, 0.05) is 30.7 Å². The summed E-state index contributed by atoms with van der Waals surface area (Å²) < 4.78 is 0. The molecular weight excluding hydrogens is 270 g/mol. The minimum Gasteiger partial charge on any atom is -0.318 e. The number of benzene rings is 1. The van der Waals surface area contributed by atoms with Gasteiger partial charge in [-0.15, -0.1) is 12.4 Å². The molecule has 1 fully saturated rings. The van der Waals surface area contributed by atoms with Gasteiger partial charge in [0.25, 0.3) is 0 Å². The van der Waals surface area contributed by atoms with Gasteiger partial charge in [-0.2, -0.15) is 0 Å². The maximum absolute atomic E-state index is 4.37. The second kappa shape index (κ2) is 7.02. The standard InChI is InChI=1S/C16H21N3.ClH/c1-17-11-15-5-3-9-19(15)12-13-6-7-16-14(10-13)4-2-8-18-16;/h2,4,6-8,10,15,17H,3,5,9,11-12H2,1H3;1H. The molecule has 1 aromatic carbocycles. The largest absolute Gasteiger partial charge is 0.318 e. The van der Waals surface area contributed by atoms with E-state index in [0.29, 0.717) is 6.04 Å². The van der Waals surface area contributed by atoms with Crippen molar-refractivity contribution >= 4 is 23.3 Å². The van der Waals surface area contributed by atoms with Crippen molar-refractivity contribution < 1.29 is 0 Å². The van der Waals surface area contributed by atoms with E-state index in [1.165, 1.54) is 30.3 Å². The molecule has 3 rings (SSSR count). The summed E-state index contributed by atoms with van der Waals surface area (Å²) in [5.74, 6) is 0. The third-order valence-corrected chi connectivity index (χ3v) is 3.99. The highest BCUT2D eigenvalue weighted by atomic mass is 35.5. The Labute approximate surface area is 126 Å². The number of likely N-dealkylation sites (tertiary alicyclic amines) is 1. The number of nitrogens with one attached hydrogen (secondary N) is 1. The van der Waals surface area contributed by atoms with Crippen LogP contribution in [0.2, 0.25) is 0 Å². The third-order valence-electron chi connectivity index (χ3n) is 3.99. The molecule has 3 nitrogen and oxygen atoms in total. The van der Waals surface area contributed by atoms with Crippen LogP contribution in [0.3, 0.4) is 0 Å². The molecule has 2 heterocycles. The molecule has 0 aliphatic carbocycles. The summed E-state index contributed by atoms with van der Waals surface area (Å²) in [5, 5.41) is 4.54. The van der Waals surface area contributed by atoms with Crippen LogP contribution in [0.15, 0.2) is 36.5 Å². The molecule has 20 heavy (non-hydrogen) atoms. The van der Waals surface area contributed by atoms with Crippen LogP contribution in [-0.2, 0) is 6.54 Å². The molecule has 1 N–H and O–H groups in total. The molecule has 4 heteroatoms. The Hall–Kier alpha value is -1.16. The highest BCUT2D eigenvalue weighted by Gasteiger charge is 2.23. The van der Waals surface area contributed by atoms with Gasteiger partial charge < -0.3 is 5.32 Å². The van der Waals surface area contributed by atoms with Crippen molar-refractivity contribution in [3.63, 3.8) is 0 Å². The lowest BCUT2D eigenvalue weighted by molar-refractivity contribution is 0.242. The number of hydrogen-bond donors (Lipinski definition) is 1. The zero-order chi connectivity index (χ0) is 13.1. The van der Waals surface area contributed by atoms with Crippen LogP contribution >= 0.6 is 12.4 Å². The van der Waals surface area contributed by atoms with Crippen LogP contribution in [0.4, 0.5) is 0 Å².